The highest BCUT2D eigenvalue weighted by Gasteiger charge is 2.57. The number of hydrogen-bond acceptors (Lipinski definition) is 5. The molecule has 37 heavy (non-hydrogen) atoms. The summed E-state index contributed by atoms with van der Waals surface area (Å²) >= 11 is 11.3. The highest BCUT2D eigenvalue weighted by atomic mass is 35.5. The van der Waals surface area contributed by atoms with Crippen LogP contribution in [0.4, 0.5) is 22.4 Å². The highest BCUT2D eigenvalue weighted by molar-refractivity contribution is 6.35. The SMILES string of the molecule is CC(C)(C)OC(=O)N1CC2(C1)OCc1cc(C(=O)CC(O)(c3cc(Cl)c(F)c(Cl)c3)C(F)(F)F)ccc12. The Morgan fingerprint density at radius 3 is 2.24 bits per heavy atom. The van der Waals surface area contributed by atoms with Gasteiger partial charge in [0, 0.05) is 5.56 Å². The zero-order valence-electron chi connectivity index (χ0n) is 20.0. The van der Waals surface area contributed by atoms with Crippen LogP contribution in [0.25, 0.3) is 0 Å². The maximum atomic E-state index is 14.0. The Morgan fingerprint density at radius 1 is 1.11 bits per heavy atom. The van der Waals surface area contributed by atoms with Crippen LogP contribution in [0.1, 0.15) is 54.2 Å². The molecule has 0 bridgehead atoms. The lowest BCUT2D eigenvalue weighted by molar-refractivity contribution is -0.264. The van der Waals surface area contributed by atoms with E-state index in [9.17, 15) is 32.3 Å². The van der Waals surface area contributed by atoms with Crippen molar-refractivity contribution in [3.63, 3.8) is 0 Å². The van der Waals surface area contributed by atoms with Gasteiger partial charge in [0.05, 0.1) is 36.2 Å². The van der Waals surface area contributed by atoms with Gasteiger partial charge in [-0.15, -0.1) is 0 Å². The fraction of sp³-hybridized carbons (Fsp3) is 0.440. The van der Waals surface area contributed by atoms with Crippen LogP contribution in [0.15, 0.2) is 30.3 Å². The van der Waals surface area contributed by atoms with Crippen LogP contribution in [0.5, 0.6) is 0 Å². The molecule has 1 atom stereocenters. The minimum Gasteiger partial charge on any atom is -0.444 e. The van der Waals surface area contributed by atoms with Gasteiger partial charge in [-0.3, -0.25) is 4.79 Å². The summed E-state index contributed by atoms with van der Waals surface area (Å²) in [5.41, 5.74) is -4.75. The van der Waals surface area contributed by atoms with E-state index in [1.54, 1.807) is 26.8 Å². The van der Waals surface area contributed by atoms with Gasteiger partial charge in [-0.1, -0.05) is 35.3 Å². The second kappa shape index (κ2) is 9.11. The molecule has 2 aromatic rings. The van der Waals surface area contributed by atoms with Crippen LogP contribution in [0.3, 0.4) is 0 Å². The third-order valence-corrected chi connectivity index (χ3v) is 6.86. The van der Waals surface area contributed by atoms with Crippen LogP contribution in [0.2, 0.25) is 10.0 Å². The lowest BCUT2D eigenvalue weighted by atomic mass is 9.83. The summed E-state index contributed by atoms with van der Waals surface area (Å²) < 4.78 is 66.9. The fourth-order valence-corrected chi connectivity index (χ4v) is 4.89. The number of likely N-dealkylation sites (tertiary alicyclic amines) is 1. The molecular weight excluding hydrogens is 541 g/mol. The molecule has 2 aromatic carbocycles. The Hall–Kier alpha value is -2.40. The van der Waals surface area contributed by atoms with Crippen LogP contribution in [-0.2, 0) is 27.3 Å². The van der Waals surface area contributed by atoms with Crippen molar-refractivity contribution in [3.8, 4) is 0 Å². The van der Waals surface area contributed by atoms with Crippen molar-refractivity contribution in [1.82, 2.24) is 4.90 Å². The topological polar surface area (TPSA) is 76.1 Å². The van der Waals surface area contributed by atoms with E-state index < -0.39 is 62.7 Å². The number of fused-ring (bicyclic) bond motifs is 2. The minimum atomic E-state index is -5.30. The fourth-order valence-electron chi connectivity index (χ4n) is 4.41. The van der Waals surface area contributed by atoms with Gasteiger partial charge in [0.2, 0.25) is 0 Å². The Kier molecular flexibility index (Phi) is 6.80. The molecule has 6 nitrogen and oxygen atoms in total. The zero-order chi connectivity index (χ0) is 27.6. The number of amides is 1. The second-order valence-corrected chi connectivity index (χ2v) is 11.0. The summed E-state index contributed by atoms with van der Waals surface area (Å²) in [5.74, 6) is -2.15. The van der Waals surface area contributed by atoms with Gasteiger partial charge in [0.25, 0.3) is 0 Å². The smallest absolute Gasteiger partial charge is 0.421 e. The number of carbonyl (C=O) groups excluding carboxylic acids is 2. The average Bonchev–Trinajstić information content (AvgIpc) is 3.13. The Labute approximate surface area is 220 Å². The lowest BCUT2D eigenvalue weighted by Gasteiger charge is -2.47. The summed E-state index contributed by atoms with van der Waals surface area (Å²) in [5, 5.41) is 9.17. The first-order valence-electron chi connectivity index (χ1n) is 11.2. The van der Waals surface area contributed by atoms with Crippen molar-refractivity contribution in [2.75, 3.05) is 13.1 Å². The predicted octanol–water partition coefficient (Wildman–Crippen LogP) is 6.13. The highest BCUT2D eigenvalue weighted by Crippen LogP contribution is 2.46. The van der Waals surface area contributed by atoms with Crippen molar-refractivity contribution < 1.29 is 41.7 Å². The first-order chi connectivity index (χ1) is 17.0. The number of halogens is 6. The molecule has 12 heteroatoms. The largest absolute Gasteiger partial charge is 0.444 e. The van der Waals surface area contributed by atoms with Crippen molar-refractivity contribution in [1.29, 1.82) is 0 Å². The second-order valence-electron chi connectivity index (χ2n) is 10.2. The standard InChI is InChI=1S/C25H23Cl2F4NO5/c1-22(2,3)37-21(34)32-11-23(12-32)16-5-4-13(6-14(16)10-36-23)19(33)9-24(35,25(29,30)31)15-7-17(26)20(28)18(27)8-15/h4-8,35H,9-12H2,1-3H3. The molecule has 1 amide bonds. The van der Waals surface area contributed by atoms with E-state index in [1.165, 1.54) is 17.0 Å². The summed E-state index contributed by atoms with van der Waals surface area (Å²) in [6.07, 6.45) is -7.17. The van der Waals surface area contributed by atoms with Gasteiger partial charge in [-0.25, -0.2) is 9.18 Å². The van der Waals surface area contributed by atoms with Crippen molar-refractivity contribution in [2.45, 2.75) is 56.8 Å². The zero-order valence-corrected chi connectivity index (χ0v) is 21.5. The number of Topliss-reactive ketones (excluding diaryl/α,β-unsaturated/α-hetero) is 1. The summed E-state index contributed by atoms with van der Waals surface area (Å²) in [6.45, 7) is 5.79. The van der Waals surface area contributed by atoms with E-state index >= 15 is 0 Å². The Bertz CT molecular complexity index is 1250. The average molecular weight is 564 g/mol. The number of carbonyl (C=O) groups is 2. The van der Waals surface area contributed by atoms with E-state index in [0.717, 1.165) is 0 Å². The molecule has 1 N–H and O–H groups in total. The van der Waals surface area contributed by atoms with E-state index in [1.807, 2.05) is 0 Å². The minimum absolute atomic E-state index is 0.0790. The van der Waals surface area contributed by atoms with Crippen molar-refractivity contribution in [3.05, 3.63) is 68.4 Å². The molecule has 1 fully saturated rings. The predicted molar refractivity (Wildman–Crippen MR) is 126 cm³/mol. The summed E-state index contributed by atoms with van der Waals surface area (Å²) in [4.78, 5) is 26.7. The van der Waals surface area contributed by atoms with Crippen LogP contribution < -0.4 is 0 Å². The molecule has 2 aliphatic rings. The van der Waals surface area contributed by atoms with Gasteiger partial charge < -0.3 is 19.5 Å². The molecule has 200 valence electrons. The number of ketones is 1. The van der Waals surface area contributed by atoms with Crippen LogP contribution in [0, 0.1) is 5.82 Å². The molecule has 1 spiro atoms. The molecule has 1 saturated heterocycles. The number of nitrogens with zero attached hydrogens (tertiary/aromatic N) is 1. The number of hydrogen-bond donors (Lipinski definition) is 1. The third kappa shape index (κ3) is 5.04. The molecule has 0 aliphatic carbocycles. The molecule has 2 aliphatic heterocycles. The molecule has 0 aromatic heterocycles. The van der Waals surface area contributed by atoms with Crippen LogP contribution in [-0.4, -0.2) is 46.7 Å². The first-order valence-corrected chi connectivity index (χ1v) is 11.9. The lowest BCUT2D eigenvalue weighted by Crippen LogP contribution is -2.61. The van der Waals surface area contributed by atoms with Gasteiger partial charge in [0.1, 0.15) is 11.2 Å². The quantitative estimate of drug-likeness (QED) is 0.275. The monoisotopic (exact) mass is 563 g/mol. The van der Waals surface area contributed by atoms with Gasteiger partial charge >= 0.3 is 12.3 Å². The van der Waals surface area contributed by atoms with E-state index in [0.29, 0.717) is 23.3 Å². The van der Waals surface area contributed by atoms with Gasteiger partial charge in [0.15, 0.2) is 17.2 Å². The van der Waals surface area contributed by atoms with Gasteiger partial charge in [-0.05, 0) is 55.7 Å². The Balaban J connectivity index is 1.55. The number of benzene rings is 2. The third-order valence-electron chi connectivity index (χ3n) is 6.31. The molecule has 4 rings (SSSR count). The van der Waals surface area contributed by atoms with Gasteiger partial charge in [-0.2, -0.15) is 13.2 Å². The molecule has 1 unspecified atom stereocenters. The van der Waals surface area contributed by atoms with E-state index in [-0.39, 0.29) is 25.3 Å². The number of aliphatic hydroxyl groups is 1. The van der Waals surface area contributed by atoms with Crippen LogP contribution >= 0.6 is 23.2 Å². The van der Waals surface area contributed by atoms with E-state index in [2.05, 4.69) is 0 Å². The maximum Gasteiger partial charge on any atom is 0.421 e. The van der Waals surface area contributed by atoms with Crippen molar-refractivity contribution in [2.24, 2.45) is 0 Å². The maximum absolute atomic E-state index is 14.0. The normalized spacial score (nSPS) is 18.3. The van der Waals surface area contributed by atoms with Crippen molar-refractivity contribution >= 4 is 35.1 Å². The molecular formula is C25H23Cl2F4NO5. The Morgan fingerprint density at radius 2 is 1.70 bits per heavy atom. The molecule has 2 heterocycles. The van der Waals surface area contributed by atoms with E-state index in [4.69, 9.17) is 32.7 Å². The number of rotatable bonds is 4. The summed E-state index contributed by atoms with van der Waals surface area (Å²) in [7, 11) is 0. The number of alkyl halides is 3. The molecule has 0 saturated carbocycles. The number of ether oxygens (including phenoxy) is 2. The molecule has 0 radical (unpaired) electrons. The summed E-state index contributed by atoms with van der Waals surface area (Å²) in [6, 6.07) is 5.51. The first kappa shape index (κ1) is 27.6.